The van der Waals surface area contributed by atoms with Gasteiger partial charge in [0.25, 0.3) is 5.69 Å². The molecule has 0 saturated heterocycles. The molecule has 8 nitrogen and oxygen atoms in total. The van der Waals surface area contributed by atoms with Crippen molar-refractivity contribution in [2.75, 3.05) is 0 Å². The fourth-order valence-corrected chi connectivity index (χ4v) is 2.06. The van der Waals surface area contributed by atoms with Gasteiger partial charge in [-0.2, -0.15) is 18.3 Å². The molecule has 2 aromatic rings. The fourth-order valence-electron chi connectivity index (χ4n) is 1.90. The lowest BCUT2D eigenvalue weighted by atomic mass is 9.99. The van der Waals surface area contributed by atoms with Gasteiger partial charge in [0, 0.05) is 11.1 Å². The lowest BCUT2D eigenvalue weighted by Gasteiger charge is -2.09. The van der Waals surface area contributed by atoms with E-state index in [1.807, 2.05) is 0 Å². The average Bonchev–Trinajstić information content (AvgIpc) is 2.91. The summed E-state index contributed by atoms with van der Waals surface area (Å²) in [5.74, 6) is -3.71. The Balaban J connectivity index is 2.73. The number of aromatic amines is 1. The van der Waals surface area contributed by atoms with Gasteiger partial charge in [-0.15, -0.1) is 0 Å². The largest absolute Gasteiger partial charge is 0.543 e. The van der Waals surface area contributed by atoms with Gasteiger partial charge in [-0.05, 0) is 12.1 Å². The van der Waals surface area contributed by atoms with Crippen molar-refractivity contribution in [3.63, 3.8) is 0 Å². The van der Waals surface area contributed by atoms with E-state index >= 15 is 0 Å². The van der Waals surface area contributed by atoms with Gasteiger partial charge in [-0.1, -0.05) is 11.6 Å². The number of hydrogen-bond donors (Lipinski definition) is 1. The van der Waals surface area contributed by atoms with E-state index in [9.17, 15) is 38.0 Å². The third-order valence-corrected chi connectivity index (χ3v) is 3.11. The number of carbonyl (C=O) groups is 2. The van der Waals surface area contributed by atoms with Crippen molar-refractivity contribution in [2.45, 2.75) is 6.18 Å². The Morgan fingerprint density at radius 2 is 1.92 bits per heavy atom. The van der Waals surface area contributed by atoms with Crippen molar-refractivity contribution < 1.29 is 32.8 Å². The van der Waals surface area contributed by atoms with Gasteiger partial charge in [0.05, 0.1) is 16.5 Å². The molecule has 0 aliphatic rings. The molecule has 24 heavy (non-hydrogen) atoms. The summed E-state index contributed by atoms with van der Waals surface area (Å²) in [5.41, 5.74) is -6.11. The molecule has 1 N–H and O–H groups in total. The van der Waals surface area contributed by atoms with Crippen LogP contribution in [-0.2, 0) is 6.18 Å². The SMILES string of the molecule is O=C([O-])c1n[nH]c(C(F)(F)F)c1C(=O)c1ccc(Cl)cc1[N+](=O)[O-]. The minimum absolute atomic E-state index is 0.137. The summed E-state index contributed by atoms with van der Waals surface area (Å²) in [6.45, 7) is 0. The van der Waals surface area contributed by atoms with Crippen molar-refractivity contribution in [1.82, 2.24) is 10.2 Å². The van der Waals surface area contributed by atoms with Gasteiger partial charge in [0.1, 0.15) is 11.3 Å². The summed E-state index contributed by atoms with van der Waals surface area (Å²) >= 11 is 5.56. The highest BCUT2D eigenvalue weighted by molar-refractivity contribution is 6.31. The molecule has 0 aliphatic heterocycles. The molecule has 0 bridgehead atoms. The highest BCUT2D eigenvalue weighted by Gasteiger charge is 2.41. The molecule has 126 valence electrons. The minimum atomic E-state index is -5.15. The van der Waals surface area contributed by atoms with E-state index in [1.165, 1.54) is 5.10 Å². The summed E-state index contributed by atoms with van der Waals surface area (Å²) < 4.78 is 38.8. The van der Waals surface area contributed by atoms with E-state index in [2.05, 4.69) is 5.10 Å². The van der Waals surface area contributed by atoms with E-state index in [4.69, 9.17) is 11.6 Å². The van der Waals surface area contributed by atoms with Crippen LogP contribution in [0.2, 0.25) is 5.02 Å². The van der Waals surface area contributed by atoms with E-state index < -0.39 is 51.1 Å². The molecule has 12 heteroatoms. The third-order valence-electron chi connectivity index (χ3n) is 2.87. The summed E-state index contributed by atoms with van der Waals surface area (Å²) in [4.78, 5) is 33.2. The van der Waals surface area contributed by atoms with Crippen LogP contribution in [-0.4, -0.2) is 26.9 Å². The monoisotopic (exact) mass is 362 g/mol. The topological polar surface area (TPSA) is 129 Å². The average molecular weight is 363 g/mol. The zero-order valence-corrected chi connectivity index (χ0v) is 11.9. The van der Waals surface area contributed by atoms with Crippen LogP contribution in [0.1, 0.15) is 32.1 Å². The number of nitrogens with zero attached hydrogens (tertiary/aromatic N) is 2. The minimum Gasteiger partial charge on any atom is -0.543 e. The molecule has 0 aliphatic carbocycles. The first kappa shape index (κ1) is 17.4. The number of aromatic nitrogens is 2. The molecule has 0 saturated carbocycles. The number of carbonyl (C=O) groups excluding carboxylic acids is 2. The molecule has 1 heterocycles. The number of carboxylic acids is 1. The smallest absolute Gasteiger partial charge is 0.433 e. The number of rotatable bonds is 4. The second kappa shape index (κ2) is 5.92. The number of alkyl halides is 3. The molecule has 0 amide bonds. The van der Waals surface area contributed by atoms with Crippen LogP contribution in [0.25, 0.3) is 0 Å². The molecule has 1 aromatic heterocycles. The van der Waals surface area contributed by atoms with Gasteiger partial charge in [0.15, 0.2) is 5.69 Å². The van der Waals surface area contributed by atoms with Gasteiger partial charge in [0.2, 0.25) is 5.78 Å². The predicted molar refractivity (Wildman–Crippen MR) is 69.5 cm³/mol. The maximum atomic E-state index is 12.9. The van der Waals surface area contributed by atoms with Crippen molar-refractivity contribution in [1.29, 1.82) is 0 Å². The number of benzene rings is 1. The Labute approximate surface area is 135 Å². The van der Waals surface area contributed by atoms with Gasteiger partial charge in [-0.25, -0.2) is 0 Å². The second-order valence-electron chi connectivity index (χ2n) is 4.36. The Morgan fingerprint density at radius 1 is 1.29 bits per heavy atom. The van der Waals surface area contributed by atoms with E-state index in [-0.39, 0.29) is 5.02 Å². The molecular weight excluding hydrogens is 359 g/mol. The first-order chi connectivity index (χ1) is 11.0. The zero-order chi connectivity index (χ0) is 18.2. The third kappa shape index (κ3) is 3.06. The lowest BCUT2D eigenvalue weighted by Crippen LogP contribution is -2.26. The van der Waals surface area contributed by atoms with Gasteiger partial charge in [-0.3, -0.25) is 20.0 Å². The highest BCUT2D eigenvalue weighted by Crippen LogP contribution is 2.34. The maximum absolute atomic E-state index is 12.9. The van der Waals surface area contributed by atoms with Crippen LogP contribution in [0, 0.1) is 10.1 Å². The molecule has 0 fully saturated rings. The summed E-state index contributed by atoms with van der Waals surface area (Å²) in [5, 5.41) is 26.0. The van der Waals surface area contributed by atoms with Gasteiger partial charge < -0.3 is 9.90 Å². The van der Waals surface area contributed by atoms with Gasteiger partial charge >= 0.3 is 6.18 Å². The summed E-state index contributed by atoms with van der Waals surface area (Å²) in [7, 11) is 0. The molecule has 0 atom stereocenters. The molecule has 2 rings (SSSR count). The first-order valence-electron chi connectivity index (χ1n) is 5.89. The van der Waals surface area contributed by atoms with E-state index in [1.54, 1.807) is 0 Å². The van der Waals surface area contributed by atoms with E-state index in [0.717, 1.165) is 18.2 Å². The Kier molecular flexibility index (Phi) is 4.30. The van der Waals surface area contributed by atoms with Crippen molar-refractivity contribution >= 4 is 29.0 Å². The van der Waals surface area contributed by atoms with Crippen LogP contribution in [0.4, 0.5) is 18.9 Å². The van der Waals surface area contributed by atoms with Crippen molar-refractivity contribution in [2.24, 2.45) is 0 Å². The Bertz CT molecular complexity index is 862. The number of hydrogen-bond acceptors (Lipinski definition) is 6. The van der Waals surface area contributed by atoms with Crippen LogP contribution >= 0.6 is 11.6 Å². The predicted octanol–water partition coefficient (Wildman–Crippen LogP) is 1.58. The Hall–Kier alpha value is -2.95. The van der Waals surface area contributed by atoms with Crippen LogP contribution in [0.15, 0.2) is 18.2 Å². The lowest BCUT2D eigenvalue weighted by molar-refractivity contribution is -0.385. The number of H-pyrrole nitrogens is 1. The normalized spacial score (nSPS) is 11.3. The molecule has 1 aromatic carbocycles. The number of aromatic carboxylic acids is 1. The van der Waals surface area contributed by atoms with Crippen LogP contribution in [0.3, 0.4) is 0 Å². The maximum Gasteiger partial charge on any atom is 0.433 e. The quantitative estimate of drug-likeness (QED) is 0.499. The fraction of sp³-hybridized carbons (Fsp3) is 0.0833. The number of nitro benzene ring substituents is 1. The number of nitro groups is 1. The van der Waals surface area contributed by atoms with Crippen LogP contribution < -0.4 is 5.11 Å². The second-order valence-corrected chi connectivity index (χ2v) is 4.79. The number of halogens is 4. The van der Waals surface area contributed by atoms with Crippen LogP contribution in [0.5, 0.6) is 0 Å². The zero-order valence-electron chi connectivity index (χ0n) is 11.2. The summed E-state index contributed by atoms with van der Waals surface area (Å²) in [6.07, 6.45) is -5.15. The van der Waals surface area contributed by atoms with E-state index in [0.29, 0.717) is 0 Å². The molecular formula is C12H4ClF3N3O5-. The molecule has 0 radical (unpaired) electrons. The Morgan fingerprint density at radius 3 is 2.42 bits per heavy atom. The highest BCUT2D eigenvalue weighted by atomic mass is 35.5. The molecule has 0 unspecified atom stereocenters. The summed E-state index contributed by atoms with van der Waals surface area (Å²) in [6, 6.07) is 2.60. The van der Waals surface area contributed by atoms with Crippen molar-refractivity contribution in [3.05, 3.63) is 55.9 Å². The number of nitrogens with one attached hydrogen (secondary N) is 1. The molecule has 0 spiro atoms. The number of ketones is 1. The van der Waals surface area contributed by atoms with Crippen molar-refractivity contribution in [3.8, 4) is 0 Å². The first-order valence-corrected chi connectivity index (χ1v) is 6.27. The standard InChI is InChI=1S/C12H5ClF3N3O5/c13-4-1-2-5(6(3-4)19(23)24)9(20)7-8(11(21)22)17-18-10(7)12(14,15)16/h1-3H,(H,17,18)(H,21,22)/p-1. The number of carboxylic acid groups (broad SMARTS) is 1.